The van der Waals surface area contributed by atoms with Crippen molar-refractivity contribution in [2.24, 2.45) is 7.05 Å². The topological polar surface area (TPSA) is 69.0 Å². The van der Waals surface area contributed by atoms with E-state index in [0.717, 1.165) is 50.7 Å². The molecule has 0 fully saturated rings. The number of carbonyl (C=O) groups is 1. The molecule has 0 aliphatic heterocycles. The van der Waals surface area contributed by atoms with Gasteiger partial charge in [0.05, 0.1) is 23.1 Å². The number of hydrogen-bond acceptors (Lipinski definition) is 5. The Labute approximate surface area is 185 Å². The molecule has 7 heteroatoms. The zero-order chi connectivity index (χ0) is 22.0. The Morgan fingerprint density at radius 1 is 1.19 bits per heavy atom. The van der Waals surface area contributed by atoms with Crippen molar-refractivity contribution in [3.63, 3.8) is 0 Å². The van der Waals surface area contributed by atoms with Crippen LogP contribution in [0.2, 0.25) is 0 Å². The minimum Gasteiger partial charge on any atom is -0.444 e. The predicted molar refractivity (Wildman–Crippen MR) is 126 cm³/mol. The van der Waals surface area contributed by atoms with Crippen LogP contribution >= 0.6 is 11.3 Å². The summed E-state index contributed by atoms with van der Waals surface area (Å²) in [6.45, 7) is 6.45. The van der Waals surface area contributed by atoms with Gasteiger partial charge >= 0.3 is 6.09 Å². The van der Waals surface area contributed by atoms with Gasteiger partial charge in [-0.2, -0.15) is 0 Å². The molecule has 0 saturated carbocycles. The van der Waals surface area contributed by atoms with E-state index < -0.39 is 6.09 Å². The van der Waals surface area contributed by atoms with Crippen molar-refractivity contribution in [2.75, 3.05) is 5.32 Å². The molecule has 1 N–H and O–H groups in total. The van der Waals surface area contributed by atoms with E-state index in [9.17, 15) is 4.79 Å². The number of thiazole rings is 1. The van der Waals surface area contributed by atoms with E-state index in [0.29, 0.717) is 0 Å². The van der Waals surface area contributed by atoms with E-state index in [1.165, 1.54) is 22.5 Å². The number of amides is 1. The van der Waals surface area contributed by atoms with Crippen LogP contribution < -0.4 is 5.32 Å². The standard InChI is InChI=1S/C24H26N4O2S/c1-5-6-19-23(31-22(26-19)18-9-7-15(2)11-16(18)3)27-24(29)30-13-17-8-10-21-20(12-17)25-14-28(21)4/h7-12,14H,5-6,13H2,1-4H3,(H,27,29). The van der Waals surface area contributed by atoms with E-state index >= 15 is 0 Å². The number of carbonyl (C=O) groups excluding carboxylic acids is 1. The van der Waals surface area contributed by atoms with Crippen molar-refractivity contribution >= 4 is 33.5 Å². The predicted octanol–water partition coefficient (Wildman–Crippen LogP) is 6.01. The van der Waals surface area contributed by atoms with Gasteiger partial charge in [-0.15, -0.1) is 0 Å². The molecule has 0 aliphatic rings. The smallest absolute Gasteiger partial charge is 0.412 e. The van der Waals surface area contributed by atoms with Crippen LogP contribution in [-0.4, -0.2) is 20.6 Å². The molecule has 2 aromatic carbocycles. The highest BCUT2D eigenvalue weighted by molar-refractivity contribution is 7.19. The van der Waals surface area contributed by atoms with Gasteiger partial charge in [-0.05, 0) is 43.5 Å². The molecule has 0 saturated heterocycles. The van der Waals surface area contributed by atoms with Gasteiger partial charge in [-0.25, -0.2) is 14.8 Å². The SMILES string of the molecule is CCCc1nc(-c2ccc(C)cc2C)sc1NC(=O)OCc1ccc2c(c1)ncn2C. The van der Waals surface area contributed by atoms with Gasteiger partial charge < -0.3 is 9.30 Å². The molecule has 0 aliphatic carbocycles. The fraction of sp³-hybridized carbons (Fsp3) is 0.292. The highest BCUT2D eigenvalue weighted by Crippen LogP contribution is 2.35. The Morgan fingerprint density at radius 3 is 2.81 bits per heavy atom. The first-order chi connectivity index (χ1) is 14.9. The molecular weight excluding hydrogens is 408 g/mol. The van der Waals surface area contributed by atoms with Gasteiger partial charge in [0.2, 0.25) is 0 Å². The van der Waals surface area contributed by atoms with Gasteiger partial charge in [0.25, 0.3) is 0 Å². The fourth-order valence-corrected chi connectivity index (χ4v) is 4.66. The Balaban J connectivity index is 1.47. The number of rotatable bonds is 6. The average Bonchev–Trinajstić information content (AvgIpc) is 3.30. The van der Waals surface area contributed by atoms with Crippen LogP contribution in [-0.2, 0) is 24.8 Å². The fourth-order valence-electron chi connectivity index (χ4n) is 3.57. The van der Waals surface area contributed by atoms with Crippen molar-refractivity contribution in [3.05, 3.63) is 65.1 Å². The maximum absolute atomic E-state index is 12.5. The van der Waals surface area contributed by atoms with E-state index in [4.69, 9.17) is 9.72 Å². The van der Waals surface area contributed by atoms with E-state index in [2.05, 4.69) is 49.3 Å². The van der Waals surface area contributed by atoms with Crippen molar-refractivity contribution in [2.45, 2.75) is 40.2 Å². The lowest BCUT2D eigenvalue weighted by Gasteiger charge is -2.07. The van der Waals surface area contributed by atoms with Gasteiger partial charge in [0.1, 0.15) is 16.6 Å². The lowest BCUT2D eigenvalue weighted by molar-refractivity contribution is 0.155. The number of nitrogens with zero attached hydrogens (tertiary/aromatic N) is 3. The second-order valence-electron chi connectivity index (χ2n) is 7.74. The summed E-state index contributed by atoms with van der Waals surface area (Å²) >= 11 is 1.49. The Hall–Kier alpha value is -3.19. The number of fused-ring (bicyclic) bond motifs is 1. The normalized spacial score (nSPS) is 11.1. The van der Waals surface area contributed by atoms with Gasteiger partial charge in [-0.3, -0.25) is 5.32 Å². The first-order valence-electron chi connectivity index (χ1n) is 10.4. The first kappa shape index (κ1) is 21.1. The third-order valence-electron chi connectivity index (χ3n) is 5.17. The summed E-state index contributed by atoms with van der Waals surface area (Å²) in [6.07, 6.45) is 3.04. The van der Waals surface area contributed by atoms with Crippen LogP contribution in [0.5, 0.6) is 0 Å². The third kappa shape index (κ3) is 4.61. The number of aryl methyl sites for hydroxylation is 4. The van der Waals surface area contributed by atoms with Gasteiger partial charge in [0.15, 0.2) is 0 Å². The van der Waals surface area contributed by atoms with Crippen LogP contribution in [0.15, 0.2) is 42.7 Å². The molecule has 0 radical (unpaired) electrons. The molecule has 160 valence electrons. The lowest BCUT2D eigenvalue weighted by Crippen LogP contribution is -2.13. The summed E-state index contributed by atoms with van der Waals surface area (Å²) in [7, 11) is 1.95. The molecule has 6 nitrogen and oxygen atoms in total. The van der Waals surface area contributed by atoms with Crippen LogP contribution in [0.1, 0.15) is 35.7 Å². The van der Waals surface area contributed by atoms with Crippen molar-refractivity contribution in [1.82, 2.24) is 14.5 Å². The number of imidazole rings is 1. The van der Waals surface area contributed by atoms with Crippen molar-refractivity contribution in [3.8, 4) is 10.6 Å². The summed E-state index contributed by atoms with van der Waals surface area (Å²) in [6, 6.07) is 12.2. The number of benzene rings is 2. The number of hydrogen-bond donors (Lipinski definition) is 1. The summed E-state index contributed by atoms with van der Waals surface area (Å²) in [5.74, 6) is 0. The number of anilines is 1. The van der Waals surface area contributed by atoms with Crippen LogP contribution in [0.25, 0.3) is 21.6 Å². The maximum atomic E-state index is 12.5. The molecule has 0 unspecified atom stereocenters. The summed E-state index contributed by atoms with van der Waals surface area (Å²) in [4.78, 5) is 21.6. The average molecular weight is 435 g/mol. The zero-order valence-corrected chi connectivity index (χ0v) is 19.0. The van der Waals surface area contributed by atoms with E-state index in [1.54, 1.807) is 6.33 Å². The quantitative estimate of drug-likeness (QED) is 0.403. The minimum absolute atomic E-state index is 0.185. The van der Waals surface area contributed by atoms with Crippen LogP contribution in [0, 0.1) is 13.8 Å². The monoisotopic (exact) mass is 434 g/mol. The van der Waals surface area contributed by atoms with Crippen LogP contribution in [0.4, 0.5) is 9.80 Å². The maximum Gasteiger partial charge on any atom is 0.412 e. The number of ether oxygens (including phenoxy) is 1. The minimum atomic E-state index is -0.478. The molecule has 4 aromatic rings. The largest absolute Gasteiger partial charge is 0.444 e. The Bertz CT molecular complexity index is 1240. The Morgan fingerprint density at radius 2 is 2.03 bits per heavy atom. The van der Waals surface area contributed by atoms with Gasteiger partial charge in [0, 0.05) is 12.6 Å². The second kappa shape index (κ2) is 8.89. The summed E-state index contributed by atoms with van der Waals surface area (Å²) in [5, 5.41) is 4.57. The molecule has 2 aromatic heterocycles. The lowest BCUT2D eigenvalue weighted by atomic mass is 10.1. The zero-order valence-electron chi connectivity index (χ0n) is 18.2. The molecule has 0 bridgehead atoms. The third-order valence-corrected chi connectivity index (χ3v) is 6.22. The van der Waals surface area contributed by atoms with Crippen LogP contribution in [0.3, 0.4) is 0 Å². The Kier molecular flexibility index (Phi) is 6.04. The summed E-state index contributed by atoms with van der Waals surface area (Å²) in [5.41, 5.74) is 7.21. The van der Waals surface area contributed by atoms with Gasteiger partial charge in [-0.1, -0.05) is 54.5 Å². The molecule has 1 amide bonds. The van der Waals surface area contributed by atoms with E-state index in [-0.39, 0.29) is 6.61 Å². The molecule has 31 heavy (non-hydrogen) atoms. The molecule has 4 rings (SSSR count). The summed E-state index contributed by atoms with van der Waals surface area (Å²) < 4.78 is 7.43. The van der Waals surface area contributed by atoms with Crippen molar-refractivity contribution < 1.29 is 9.53 Å². The van der Waals surface area contributed by atoms with E-state index in [1.807, 2.05) is 29.8 Å². The van der Waals surface area contributed by atoms with Crippen molar-refractivity contribution in [1.29, 1.82) is 0 Å². The molecule has 0 atom stereocenters. The second-order valence-corrected chi connectivity index (χ2v) is 8.74. The molecule has 2 heterocycles. The highest BCUT2D eigenvalue weighted by atomic mass is 32.1. The number of nitrogens with one attached hydrogen (secondary N) is 1. The highest BCUT2D eigenvalue weighted by Gasteiger charge is 2.16. The number of aromatic nitrogens is 3. The molecule has 0 spiro atoms. The first-order valence-corrected chi connectivity index (χ1v) is 11.2. The molecular formula is C24H26N4O2S.